The number of aromatic nitrogens is 2. The molecule has 2 aliphatic rings. The molecular weight excluding hydrogens is 262 g/mol. The molecule has 2 heterocycles. The van der Waals surface area contributed by atoms with E-state index in [2.05, 4.69) is 16.1 Å². The number of Topliss-reactive ketones (excluding diaryl/α,β-unsaturated/α-hetero) is 1. The van der Waals surface area contributed by atoms with Gasteiger partial charge in [0, 0.05) is 50.3 Å². The van der Waals surface area contributed by atoms with E-state index in [0.29, 0.717) is 17.7 Å². The van der Waals surface area contributed by atoms with Gasteiger partial charge in [-0.3, -0.25) is 14.4 Å². The summed E-state index contributed by atoms with van der Waals surface area (Å²) < 4.78 is 1.96. The first kappa shape index (κ1) is 14.8. The molecule has 0 radical (unpaired) electrons. The summed E-state index contributed by atoms with van der Waals surface area (Å²) >= 11 is 0. The highest BCUT2D eigenvalue weighted by Gasteiger charge is 2.35. The van der Waals surface area contributed by atoms with Crippen LogP contribution < -0.4 is 0 Å². The zero-order chi connectivity index (χ0) is 14.7. The Bertz CT molecular complexity index is 482. The molecule has 1 saturated heterocycles. The van der Waals surface area contributed by atoms with Crippen LogP contribution in [0.2, 0.25) is 0 Å². The molecule has 4 nitrogen and oxygen atoms in total. The largest absolute Gasteiger partial charge is 0.299 e. The maximum Gasteiger partial charge on any atom is 0.137 e. The quantitative estimate of drug-likeness (QED) is 0.855. The molecule has 2 atom stereocenters. The molecule has 0 spiro atoms. The molecule has 0 N–H and O–H groups in total. The molecule has 3 rings (SSSR count). The number of rotatable bonds is 4. The predicted molar refractivity (Wildman–Crippen MR) is 83.1 cm³/mol. The Balaban J connectivity index is 1.63. The van der Waals surface area contributed by atoms with E-state index in [4.69, 9.17) is 0 Å². The molecule has 116 valence electrons. The van der Waals surface area contributed by atoms with Crippen molar-refractivity contribution in [3.05, 3.63) is 18.0 Å². The summed E-state index contributed by atoms with van der Waals surface area (Å²) in [6.45, 7) is 2.22. The van der Waals surface area contributed by atoms with Crippen molar-refractivity contribution in [2.75, 3.05) is 13.1 Å². The van der Waals surface area contributed by atoms with Crippen molar-refractivity contribution in [3.8, 4) is 0 Å². The molecule has 1 aromatic heterocycles. The summed E-state index contributed by atoms with van der Waals surface area (Å²) in [4.78, 5) is 14.9. The van der Waals surface area contributed by atoms with Crippen LogP contribution in [0, 0.1) is 5.92 Å². The summed E-state index contributed by atoms with van der Waals surface area (Å²) in [5, 5.41) is 4.25. The summed E-state index contributed by atoms with van der Waals surface area (Å²) in [5.74, 6) is 0.837. The molecule has 1 aliphatic carbocycles. The third kappa shape index (κ3) is 3.37. The first-order valence-electron chi connectivity index (χ1n) is 8.49. The Kier molecular flexibility index (Phi) is 4.73. The second-order valence-electron chi connectivity index (χ2n) is 6.61. The number of piperidine rings is 1. The summed E-state index contributed by atoms with van der Waals surface area (Å²) in [6.07, 6.45) is 11.0. The van der Waals surface area contributed by atoms with Gasteiger partial charge in [0.2, 0.25) is 0 Å². The number of hydrogen-bond acceptors (Lipinski definition) is 3. The first-order valence-corrected chi connectivity index (χ1v) is 8.49. The average Bonchev–Trinajstić information content (AvgIpc) is 2.91. The molecule has 21 heavy (non-hydrogen) atoms. The fourth-order valence-electron chi connectivity index (χ4n) is 4.07. The highest BCUT2D eigenvalue weighted by Crippen LogP contribution is 2.31. The molecule has 1 saturated carbocycles. The molecule has 2 fully saturated rings. The lowest BCUT2D eigenvalue weighted by molar-refractivity contribution is -0.127. The minimum absolute atomic E-state index is 0.311. The van der Waals surface area contributed by atoms with Gasteiger partial charge >= 0.3 is 0 Å². The fourth-order valence-corrected chi connectivity index (χ4v) is 4.07. The van der Waals surface area contributed by atoms with Gasteiger partial charge in [0.05, 0.1) is 0 Å². The fraction of sp³-hybridized carbons (Fsp3) is 0.765. The zero-order valence-corrected chi connectivity index (χ0v) is 13.1. The standard InChI is InChI=1S/C17H27N3O/c1-19-14(9-11-18-19)10-13-20-12-5-4-7-16(20)15-6-2-3-8-17(15)21/h9,11,15-16H,2-8,10,12-13H2,1H3. The van der Waals surface area contributed by atoms with Gasteiger partial charge in [0.1, 0.15) is 5.78 Å². The van der Waals surface area contributed by atoms with Gasteiger partial charge < -0.3 is 0 Å². The Hall–Kier alpha value is -1.16. The van der Waals surface area contributed by atoms with Gasteiger partial charge in [-0.1, -0.05) is 12.8 Å². The van der Waals surface area contributed by atoms with E-state index in [1.807, 2.05) is 17.9 Å². The number of hydrogen-bond donors (Lipinski definition) is 0. The highest BCUT2D eigenvalue weighted by molar-refractivity contribution is 5.82. The van der Waals surface area contributed by atoms with Crippen molar-refractivity contribution >= 4 is 5.78 Å². The Morgan fingerprint density at radius 1 is 1.24 bits per heavy atom. The van der Waals surface area contributed by atoms with Gasteiger partial charge in [-0.05, 0) is 38.3 Å². The Morgan fingerprint density at radius 3 is 2.86 bits per heavy atom. The van der Waals surface area contributed by atoms with E-state index in [-0.39, 0.29) is 0 Å². The molecule has 1 aromatic rings. The van der Waals surface area contributed by atoms with Crippen molar-refractivity contribution in [1.29, 1.82) is 0 Å². The van der Waals surface area contributed by atoms with Gasteiger partial charge in [0.25, 0.3) is 0 Å². The predicted octanol–water partition coefficient (Wildman–Crippen LogP) is 2.58. The number of carbonyl (C=O) groups is 1. The molecule has 4 heteroatoms. The topological polar surface area (TPSA) is 38.1 Å². The van der Waals surface area contributed by atoms with Crippen molar-refractivity contribution < 1.29 is 4.79 Å². The maximum atomic E-state index is 12.3. The van der Waals surface area contributed by atoms with Gasteiger partial charge in [-0.2, -0.15) is 5.10 Å². The van der Waals surface area contributed by atoms with Crippen LogP contribution >= 0.6 is 0 Å². The van der Waals surface area contributed by atoms with Crippen LogP contribution in [0.5, 0.6) is 0 Å². The van der Waals surface area contributed by atoms with Crippen LogP contribution in [0.4, 0.5) is 0 Å². The first-order chi connectivity index (χ1) is 10.3. The average molecular weight is 289 g/mol. The summed E-state index contributed by atoms with van der Waals surface area (Å²) in [5.41, 5.74) is 1.29. The molecule has 1 aliphatic heterocycles. The molecule has 0 bridgehead atoms. The minimum Gasteiger partial charge on any atom is -0.299 e. The third-order valence-corrected chi connectivity index (χ3v) is 5.31. The number of aryl methyl sites for hydroxylation is 1. The lowest BCUT2D eigenvalue weighted by Crippen LogP contribution is -2.48. The van der Waals surface area contributed by atoms with Crippen molar-refractivity contribution in [1.82, 2.24) is 14.7 Å². The monoisotopic (exact) mass is 289 g/mol. The van der Waals surface area contributed by atoms with Gasteiger partial charge in [0.15, 0.2) is 0 Å². The van der Waals surface area contributed by atoms with Crippen LogP contribution in [-0.2, 0) is 18.3 Å². The van der Waals surface area contributed by atoms with Crippen LogP contribution in [-0.4, -0.2) is 39.6 Å². The lowest BCUT2D eigenvalue weighted by atomic mass is 9.79. The van der Waals surface area contributed by atoms with E-state index in [0.717, 1.165) is 38.8 Å². The second-order valence-corrected chi connectivity index (χ2v) is 6.61. The van der Waals surface area contributed by atoms with E-state index < -0.39 is 0 Å². The van der Waals surface area contributed by atoms with Crippen molar-refractivity contribution in [3.63, 3.8) is 0 Å². The maximum absolute atomic E-state index is 12.3. The minimum atomic E-state index is 0.311. The number of nitrogens with zero attached hydrogens (tertiary/aromatic N) is 3. The van der Waals surface area contributed by atoms with Crippen LogP contribution in [0.3, 0.4) is 0 Å². The molecule has 0 aromatic carbocycles. The van der Waals surface area contributed by atoms with Crippen LogP contribution in [0.15, 0.2) is 12.3 Å². The molecule has 2 unspecified atom stereocenters. The summed E-state index contributed by atoms with van der Waals surface area (Å²) in [7, 11) is 2.01. The molecule has 0 amide bonds. The van der Waals surface area contributed by atoms with E-state index in [1.54, 1.807) is 0 Å². The van der Waals surface area contributed by atoms with Crippen molar-refractivity contribution in [2.24, 2.45) is 13.0 Å². The lowest BCUT2D eigenvalue weighted by Gasteiger charge is -2.41. The highest BCUT2D eigenvalue weighted by atomic mass is 16.1. The number of carbonyl (C=O) groups excluding carboxylic acids is 1. The number of likely N-dealkylation sites (tertiary alicyclic amines) is 1. The second kappa shape index (κ2) is 6.73. The molecular formula is C17H27N3O. The van der Waals surface area contributed by atoms with Crippen LogP contribution in [0.1, 0.15) is 50.6 Å². The van der Waals surface area contributed by atoms with Gasteiger partial charge in [-0.15, -0.1) is 0 Å². The summed E-state index contributed by atoms with van der Waals surface area (Å²) in [6, 6.07) is 2.60. The number of ketones is 1. The van der Waals surface area contributed by atoms with E-state index >= 15 is 0 Å². The van der Waals surface area contributed by atoms with E-state index in [9.17, 15) is 4.79 Å². The zero-order valence-electron chi connectivity index (χ0n) is 13.1. The Labute approximate surface area is 127 Å². The van der Waals surface area contributed by atoms with Crippen LogP contribution in [0.25, 0.3) is 0 Å². The van der Waals surface area contributed by atoms with Crippen molar-refractivity contribution in [2.45, 2.75) is 57.4 Å². The normalized spacial score (nSPS) is 28.0. The Morgan fingerprint density at radius 2 is 2.10 bits per heavy atom. The third-order valence-electron chi connectivity index (χ3n) is 5.31. The smallest absolute Gasteiger partial charge is 0.137 e. The van der Waals surface area contributed by atoms with E-state index in [1.165, 1.54) is 31.4 Å². The van der Waals surface area contributed by atoms with Gasteiger partial charge in [-0.25, -0.2) is 0 Å². The SMILES string of the molecule is Cn1nccc1CCN1CCCCC1C1CCCCC1=O.